The first kappa shape index (κ1) is 15.0. The highest BCUT2D eigenvalue weighted by atomic mass is 35.5. The molecule has 1 N–H and O–H groups in total. The molecular weight excluding hydrogens is 277 g/mol. The molecule has 0 aromatic carbocycles. The molecule has 0 aliphatic carbocycles. The van der Waals surface area contributed by atoms with E-state index in [1.807, 2.05) is 6.92 Å². The molecule has 96 valence electrons. The van der Waals surface area contributed by atoms with Crippen LogP contribution in [0.3, 0.4) is 0 Å². The van der Waals surface area contributed by atoms with Crippen molar-refractivity contribution < 1.29 is 0 Å². The second-order valence-corrected chi connectivity index (χ2v) is 5.49. The third-order valence-electron chi connectivity index (χ3n) is 2.73. The zero-order valence-electron chi connectivity index (χ0n) is 9.78. The molecule has 1 aromatic rings. The molecule has 0 saturated carbocycles. The molecular formula is C11H17Cl2N3S. The van der Waals surface area contributed by atoms with Gasteiger partial charge in [-0.1, -0.05) is 23.4 Å². The van der Waals surface area contributed by atoms with Gasteiger partial charge in [0, 0.05) is 17.5 Å². The average Bonchev–Trinajstić information content (AvgIpc) is 2.32. The van der Waals surface area contributed by atoms with Crippen molar-refractivity contribution in [1.29, 1.82) is 0 Å². The van der Waals surface area contributed by atoms with Gasteiger partial charge in [-0.05, 0) is 38.8 Å². The van der Waals surface area contributed by atoms with Gasteiger partial charge in [0.2, 0.25) is 0 Å². The van der Waals surface area contributed by atoms with Crippen molar-refractivity contribution in [3.8, 4) is 0 Å². The molecule has 1 atom stereocenters. The summed E-state index contributed by atoms with van der Waals surface area (Å²) in [4.78, 5) is 8.52. The molecule has 1 aromatic heterocycles. The number of aryl methyl sites for hydroxylation is 1. The highest BCUT2D eigenvalue weighted by Crippen LogP contribution is 2.22. The zero-order chi connectivity index (χ0) is 11.4. The van der Waals surface area contributed by atoms with Crippen LogP contribution in [-0.4, -0.2) is 28.8 Å². The minimum Gasteiger partial charge on any atom is -0.316 e. The largest absolute Gasteiger partial charge is 0.316 e. The lowest BCUT2D eigenvalue weighted by atomic mass is 10.0. The van der Waals surface area contributed by atoms with E-state index >= 15 is 0 Å². The lowest BCUT2D eigenvalue weighted by molar-refractivity contribution is 0.410. The normalized spacial score (nSPS) is 19.8. The summed E-state index contributed by atoms with van der Waals surface area (Å²) in [6.45, 7) is 4.20. The number of piperidine rings is 1. The predicted octanol–water partition coefficient (Wildman–Crippen LogP) is 2.95. The number of hydrogen-bond acceptors (Lipinski definition) is 4. The van der Waals surface area contributed by atoms with E-state index in [1.54, 1.807) is 18.0 Å². The highest BCUT2D eigenvalue weighted by molar-refractivity contribution is 7.99. The number of thioether (sulfide) groups is 1. The monoisotopic (exact) mass is 293 g/mol. The summed E-state index contributed by atoms with van der Waals surface area (Å²) in [5, 5.41) is 4.77. The van der Waals surface area contributed by atoms with Crippen LogP contribution in [0.25, 0.3) is 0 Å². The predicted molar refractivity (Wildman–Crippen MR) is 75.3 cm³/mol. The summed E-state index contributed by atoms with van der Waals surface area (Å²) in [6.07, 6.45) is 4.37. The fourth-order valence-electron chi connectivity index (χ4n) is 1.73. The molecule has 0 radical (unpaired) electrons. The summed E-state index contributed by atoms with van der Waals surface area (Å²) >= 11 is 7.66. The lowest BCUT2D eigenvalue weighted by Gasteiger charge is -2.21. The van der Waals surface area contributed by atoms with Crippen molar-refractivity contribution in [1.82, 2.24) is 15.3 Å². The third-order valence-corrected chi connectivity index (χ3v) is 4.21. The first-order chi connectivity index (χ1) is 7.75. The zero-order valence-corrected chi connectivity index (χ0v) is 12.2. The number of nitrogens with zero attached hydrogens (tertiary/aromatic N) is 2. The quantitative estimate of drug-likeness (QED) is 0.528. The van der Waals surface area contributed by atoms with Gasteiger partial charge < -0.3 is 5.32 Å². The molecule has 1 aliphatic rings. The molecule has 0 spiro atoms. The molecule has 2 heterocycles. The maximum atomic E-state index is 5.96. The lowest BCUT2D eigenvalue weighted by Crippen LogP contribution is -2.30. The van der Waals surface area contributed by atoms with Crippen molar-refractivity contribution in [2.45, 2.75) is 24.9 Å². The van der Waals surface area contributed by atoms with Crippen LogP contribution in [-0.2, 0) is 0 Å². The Morgan fingerprint density at radius 2 is 2.41 bits per heavy atom. The first-order valence-corrected chi connectivity index (χ1v) is 6.94. The summed E-state index contributed by atoms with van der Waals surface area (Å²) < 4.78 is 0. The van der Waals surface area contributed by atoms with Crippen molar-refractivity contribution >= 4 is 35.8 Å². The summed E-state index contributed by atoms with van der Waals surface area (Å²) in [5.41, 5.74) is 0.936. The fourth-order valence-corrected chi connectivity index (χ4v) is 2.87. The van der Waals surface area contributed by atoms with E-state index in [-0.39, 0.29) is 12.4 Å². The Hall–Kier alpha value is -0.0300. The number of hydrogen-bond donors (Lipinski definition) is 1. The maximum absolute atomic E-state index is 5.96. The molecule has 17 heavy (non-hydrogen) atoms. The van der Waals surface area contributed by atoms with E-state index in [0.29, 0.717) is 5.15 Å². The average molecular weight is 294 g/mol. The number of aromatic nitrogens is 2. The fraction of sp³-hybridized carbons (Fsp3) is 0.636. The minimum atomic E-state index is 0. The van der Waals surface area contributed by atoms with Gasteiger partial charge in [0.15, 0.2) is 5.16 Å². The summed E-state index contributed by atoms with van der Waals surface area (Å²) in [7, 11) is 0. The van der Waals surface area contributed by atoms with Gasteiger partial charge in [0.1, 0.15) is 5.15 Å². The highest BCUT2D eigenvalue weighted by Gasteiger charge is 2.14. The van der Waals surface area contributed by atoms with Crippen LogP contribution < -0.4 is 5.32 Å². The Morgan fingerprint density at radius 3 is 3.06 bits per heavy atom. The second kappa shape index (κ2) is 7.41. The number of nitrogens with one attached hydrogen (secondary N) is 1. The Bertz CT molecular complexity index is 357. The molecule has 0 bridgehead atoms. The standard InChI is InChI=1S/C11H16ClN3S.ClH/c1-8-5-14-11(15-10(8)12)16-7-9-3-2-4-13-6-9;/h5,9,13H,2-4,6-7H2,1H3;1H. The second-order valence-electron chi connectivity index (χ2n) is 4.15. The van der Waals surface area contributed by atoms with Gasteiger partial charge in [0.05, 0.1) is 0 Å². The molecule has 2 rings (SSSR count). The molecule has 0 amide bonds. The van der Waals surface area contributed by atoms with E-state index in [1.165, 1.54) is 12.8 Å². The van der Waals surface area contributed by atoms with E-state index in [9.17, 15) is 0 Å². The van der Waals surface area contributed by atoms with Crippen molar-refractivity contribution in [3.05, 3.63) is 16.9 Å². The van der Waals surface area contributed by atoms with E-state index in [0.717, 1.165) is 35.5 Å². The maximum Gasteiger partial charge on any atom is 0.188 e. The summed E-state index contributed by atoms with van der Waals surface area (Å²) in [5.74, 6) is 1.81. The van der Waals surface area contributed by atoms with Crippen LogP contribution >= 0.6 is 35.8 Å². The Balaban J connectivity index is 0.00000144. The van der Waals surface area contributed by atoms with Gasteiger partial charge in [-0.25, -0.2) is 9.97 Å². The molecule has 1 unspecified atom stereocenters. The molecule has 1 aliphatic heterocycles. The number of halogens is 2. The molecule has 1 fully saturated rings. The van der Waals surface area contributed by atoms with E-state index in [4.69, 9.17) is 11.6 Å². The van der Waals surface area contributed by atoms with Crippen LogP contribution in [0, 0.1) is 12.8 Å². The number of rotatable bonds is 3. The SMILES string of the molecule is Cc1cnc(SCC2CCCNC2)nc1Cl.Cl. The smallest absolute Gasteiger partial charge is 0.188 e. The Morgan fingerprint density at radius 1 is 1.59 bits per heavy atom. The van der Waals surface area contributed by atoms with Gasteiger partial charge >= 0.3 is 0 Å². The Labute approximate surface area is 118 Å². The van der Waals surface area contributed by atoms with Crippen LogP contribution in [0.2, 0.25) is 5.15 Å². The van der Waals surface area contributed by atoms with Crippen molar-refractivity contribution in [2.24, 2.45) is 5.92 Å². The van der Waals surface area contributed by atoms with E-state index in [2.05, 4.69) is 15.3 Å². The molecule has 1 saturated heterocycles. The van der Waals surface area contributed by atoms with Gasteiger partial charge in [-0.15, -0.1) is 12.4 Å². The first-order valence-electron chi connectivity index (χ1n) is 5.58. The van der Waals surface area contributed by atoms with Crippen LogP contribution in [0.4, 0.5) is 0 Å². The summed E-state index contributed by atoms with van der Waals surface area (Å²) in [6, 6.07) is 0. The van der Waals surface area contributed by atoms with Crippen LogP contribution in [0.5, 0.6) is 0 Å². The van der Waals surface area contributed by atoms with Gasteiger partial charge in [0.25, 0.3) is 0 Å². The topological polar surface area (TPSA) is 37.8 Å². The van der Waals surface area contributed by atoms with Crippen LogP contribution in [0.15, 0.2) is 11.4 Å². The molecule has 3 nitrogen and oxygen atoms in total. The minimum absolute atomic E-state index is 0. The van der Waals surface area contributed by atoms with Crippen molar-refractivity contribution in [2.75, 3.05) is 18.8 Å². The third kappa shape index (κ3) is 4.62. The van der Waals surface area contributed by atoms with E-state index < -0.39 is 0 Å². The molecule has 6 heteroatoms. The van der Waals surface area contributed by atoms with Gasteiger partial charge in [-0.2, -0.15) is 0 Å². The Kier molecular flexibility index (Phi) is 6.55. The van der Waals surface area contributed by atoms with Crippen LogP contribution in [0.1, 0.15) is 18.4 Å². The van der Waals surface area contributed by atoms with Gasteiger partial charge in [-0.3, -0.25) is 0 Å². The van der Waals surface area contributed by atoms with Crippen molar-refractivity contribution in [3.63, 3.8) is 0 Å².